The van der Waals surface area contributed by atoms with E-state index >= 15 is 0 Å². The zero-order valence-corrected chi connectivity index (χ0v) is 8.98. The van der Waals surface area contributed by atoms with Crippen LogP contribution in [0.5, 0.6) is 0 Å². The van der Waals surface area contributed by atoms with Crippen LogP contribution in [0.2, 0.25) is 0 Å². The summed E-state index contributed by atoms with van der Waals surface area (Å²) in [6.45, 7) is 14.0. The van der Waals surface area contributed by atoms with Gasteiger partial charge < -0.3 is 5.32 Å². The van der Waals surface area contributed by atoms with Crippen molar-refractivity contribution in [3.63, 3.8) is 0 Å². The van der Waals surface area contributed by atoms with Crippen LogP contribution in [0.3, 0.4) is 0 Å². The molecule has 0 aromatic heterocycles. The van der Waals surface area contributed by atoms with E-state index in [0.717, 1.165) is 18.9 Å². The number of hydrogen-bond acceptors (Lipinski definition) is 1. The van der Waals surface area contributed by atoms with Crippen molar-refractivity contribution in [3.05, 3.63) is 12.3 Å². The molecule has 0 atom stereocenters. The maximum Gasteiger partial charge on any atom is 0.0166 e. The van der Waals surface area contributed by atoms with E-state index in [9.17, 15) is 0 Å². The third-order valence-corrected chi connectivity index (χ3v) is 1.78. The Morgan fingerprint density at radius 1 is 1.17 bits per heavy atom. The van der Waals surface area contributed by atoms with Crippen LogP contribution < -0.4 is 5.32 Å². The van der Waals surface area contributed by atoms with Crippen LogP contribution in [0, 0.1) is 11.8 Å². The average Bonchev–Trinajstić information content (AvgIpc) is 1.96. The topological polar surface area (TPSA) is 12.0 Å². The zero-order valence-electron chi connectivity index (χ0n) is 8.98. The number of allylic oxidation sites excluding steroid dienone is 1. The molecule has 1 N–H and O–H groups in total. The molecule has 72 valence electrons. The molecule has 0 saturated carbocycles. The minimum Gasteiger partial charge on any atom is -0.389 e. The Hall–Kier alpha value is -0.460. The highest BCUT2D eigenvalue weighted by Crippen LogP contribution is 2.07. The number of nitrogens with one attached hydrogen (secondary N) is 1. The molecule has 0 spiro atoms. The summed E-state index contributed by atoms with van der Waals surface area (Å²) >= 11 is 0. The summed E-state index contributed by atoms with van der Waals surface area (Å²) in [5.41, 5.74) is 1.19. The summed E-state index contributed by atoms with van der Waals surface area (Å²) in [6.07, 6.45) is 2.36. The van der Waals surface area contributed by atoms with E-state index in [1.807, 2.05) is 0 Å². The Kier molecular flexibility index (Phi) is 5.87. The summed E-state index contributed by atoms with van der Waals surface area (Å²) in [4.78, 5) is 0. The van der Waals surface area contributed by atoms with Gasteiger partial charge in [0, 0.05) is 12.2 Å². The quantitative estimate of drug-likeness (QED) is 0.644. The minimum atomic E-state index is 0.709. The standard InChI is InChI=1S/C11H23N/c1-9(2)6-7-11(5)12-8-10(3)4/h9-10,12H,5-8H2,1-4H3. The average molecular weight is 169 g/mol. The van der Waals surface area contributed by atoms with Gasteiger partial charge in [0.2, 0.25) is 0 Å². The smallest absolute Gasteiger partial charge is 0.0166 e. The van der Waals surface area contributed by atoms with Crippen molar-refractivity contribution >= 4 is 0 Å². The molecule has 1 nitrogen and oxygen atoms in total. The highest BCUT2D eigenvalue weighted by molar-refractivity contribution is 4.90. The lowest BCUT2D eigenvalue weighted by molar-refractivity contribution is 0.542. The molecule has 0 aliphatic carbocycles. The van der Waals surface area contributed by atoms with Gasteiger partial charge >= 0.3 is 0 Å². The molecule has 12 heavy (non-hydrogen) atoms. The van der Waals surface area contributed by atoms with Crippen molar-refractivity contribution in [1.82, 2.24) is 5.32 Å². The van der Waals surface area contributed by atoms with Crippen molar-refractivity contribution in [3.8, 4) is 0 Å². The molecule has 0 amide bonds. The Balaban J connectivity index is 3.34. The maximum absolute atomic E-state index is 3.99. The molecule has 0 rings (SSSR count). The molecule has 0 aliphatic rings. The van der Waals surface area contributed by atoms with Crippen LogP contribution in [0.4, 0.5) is 0 Å². The van der Waals surface area contributed by atoms with E-state index in [0.29, 0.717) is 5.92 Å². The predicted molar refractivity (Wildman–Crippen MR) is 56.1 cm³/mol. The van der Waals surface area contributed by atoms with E-state index in [2.05, 4.69) is 39.6 Å². The van der Waals surface area contributed by atoms with Crippen LogP contribution in [0.1, 0.15) is 40.5 Å². The SMILES string of the molecule is C=C(CCC(C)C)NCC(C)C. The van der Waals surface area contributed by atoms with Gasteiger partial charge in [-0.15, -0.1) is 0 Å². The van der Waals surface area contributed by atoms with Crippen molar-refractivity contribution in [1.29, 1.82) is 0 Å². The number of rotatable bonds is 6. The first-order valence-electron chi connectivity index (χ1n) is 4.94. The van der Waals surface area contributed by atoms with Crippen molar-refractivity contribution in [2.45, 2.75) is 40.5 Å². The summed E-state index contributed by atoms with van der Waals surface area (Å²) in [5.74, 6) is 1.49. The molecular formula is C11H23N. The molecule has 0 fully saturated rings. The lowest BCUT2D eigenvalue weighted by Crippen LogP contribution is -2.18. The Morgan fingerprint density at radius 2 is 1.75 bits per heavy atom. The fourth-order valence-electron chi connectivity index (χ4n) is 0.900. The van der Waals surface area contributed by atoms with Gasteiger partial charge in [-0.3, -0.25) is 0 Å². The Labute approximate surface area is 77.2 Å². The summed E-state index contributed by atoms with van der Waals surface area (Å²) in [7, 11) is 0. The van der Waals surface area contributed by atoms with Gasteiger partial charge in [-0.25, -0.2) is 0 Å². The molecule has 0 bridgehead atoms. The molecule has 0 heterocycles. The first-order chi connectivity index (χ1) is 5.52. The second kappa shape index (κ2) is 6.10. The second-order valence-electron chi connectivity index (χ2n) is 4.31. The number of hydrogen-bond donors (Lipinski definition) is 1. The van der Waals surface area contributed by atoms with E-state index in [4.69, 9.17) is 0 Å². The van der Waals surface area contributed by atoms with Gasteiger partial charge in [-0.05, 0) is 24.7 Å². The lowest BCUT2D eigenvalue weighted by atomic mass is 10.1. The Bertz CT molecular complexity index is 111. The molecular weight excluding hydrogens is 146 g/mol. The highest BCUT2D eigenvalue weighted by Gasteiger charge is 1.98. The molecule has 1 heteroatoms. The molecule has 0 aromatic carbocycles. The van der Waals surface area contributed by atoms with E-state index < -0.39 is 0 Å². The normalized spacial score (nSPS) is 10.8. The van der Waals surface area contributed by atoms with E-state index in [1.165, 1.54) is 12.1 Å². The minimum absolute atomic E-state index is 0.709. The lowest BCUT2D eigenvalue weighted by Gasteiger charge is -2.12. The molecule has 0 radical (unpaired) electrons. The summed E-state index contributed by atoms with van der Waals surface area (Å²) in [6, 6.07) is 0. The molecule has 0 saturated heterocycles. The fourth-order valence-corrected chi connectivity index (χ4v) is 0.900. The third-order valence-electron chi connectivity index (χ3n) is 1.78. The maximum atomic E-state index is 3.99. The summed E-state index contributed by atoms with van der Waals surface area (Å²) < 4.78 is 0. The monoisotopic (exact) mass is 169 g/mol. The molecule has 0 aliphatic heterocycles. The molecule has 0 aromatic rings. The largest absolute Gasteiger partial charge is 0.389 e. The zero-order chi connectivity index (χ0) is 9.56. The van der Waals surface area contributed by atoms with Gasteiger partial charge in [-0.1, -0.05) is 34.3 Å². The van der Waals surface area contributed by atoms with E-state index in [-0.39, 0.29) is 0 Å². The van der Waals surface area contributed by atoms with Gasteiger partial charge in [0.05, 0.1) is 0 Å². The third kappa shape index (κ3) is 7.64. The fraction of sp³-hybridized carbons (Fsp3) is 0.818. The molecule has 0 unspecified atom stereocenters. The van der Waals surface area contributed by atoms with Gasteiger partial charge in [0.25, 0.3) is 0 Å². The van der Waals surface area contributed by atoms with Crippen LogP contribution in [-0.2, 0) is 0 Å². The van der Waals surface area contributed by atoms with Gasteiger partial charge in [0.1, 0.15) is 0 Å². The van der Waals surface area contributed by atoms with Crippen LogP contribution in [0.15, 0.2) is 12.3 Å². The van der Waals surface area contributed by atoms with Crippen molar-refractivity contribution in [2.75, 3.05) is 6.54 Å². The van der Waals surface area contributed by atoms with Crippen molar-refractivity contribution in [2.24, 2.45) is 11.8 Å². The van der Waals surface area contributed by atoms with Crippen LogP contribution in [-0.4, -0.2) is 6.54 Å². The van der Waals surface area contributed by atoms with Gasteiger partial charge in [-0.2, -0.15) is 0 Å². The van der Waals surface area contributed by atoms with Crippen molar-refractivity contribution < 1.29 is 0 Å². The highest BCUT2D eigenvalue weighted by atomic mass is 14.9. The van der Waals surface area contributed by atoms with Crippen LogP contribution >= 0.6 is 0 Å². The first kappa shape index (κ1) is 11.5. The van der Waals surface area contributed by atoms with E-state index in [1.54, 1.807) is 0 Å². The van der Waals surface area contributed by atoms with Gasteiger partial charge in [0.15, 0.2) is 0 Å². The van der Waals surface area contributed by atoms with Crippen LogP contribution in [0.25, 0.3) is 0 Å². The predicted octanol–water partition coefficient (Wildman–Crippen LogP) is 3.18. The Morgan fingerprint density at radius 3 is 2.17 bits per heavy atom. The first-order valence-corrected chi connectivity index (χ1v) is 4.94. The second-order valence-corrected chi connectivity index (χ2v) is 4.31. The summed E-state index contributed by atoms with van der Waals surface area (Å²) in [5, 5.41) is 3.34.